The number of hydrogen-bond acceptors (Lipinski definition) is 3. The van der Waals surface area contributed by atoms with Crippen LogP contribution in [0.25, 0.3) is 0 Å². The number of likely N-dealkylation sites (tertiary alicyclic amines) is 1. The predicted octanol–water partition coefficient (Wildman–Crippen LogP) is 2.69. The van der Waals surface area contributed by atoms with Crippen molar-refractivity contribution >= 4 is 35.6 Å². The van der Waals surface area contributed by atoms with Crippen molar-refractivity contribution in [1.82, 2.24) is 4.90 Å². The van der Waals surface area contributed by atoms with Crippen LogP contribution in [0, 0.1) is 5.92 Å². The number of morpholine rings is 1. The lowest BCUT2D eigenvalue weighted by molar-refractivity contribution is 0.122. The van der Waals surface area contributed by atoms with Gasteiger partial charge < -0.3 is 20.3 Å². The van der Waals surface area contributed by atoms with Crippen LogP contribution in [0.1, 0.15) is 25.3 Å². The van der Waals surface area contributed by atoms with Gasteiger partial charge in [0, 0.05) is 31.9 Å². The van der Waals surface area contributed by atoms with Gasteiger partial charge in [-0.15, -0.1) is 24.0 Å². The smallest absolute Gasteiger partial charge is 0.191 e. The summed E-state index contributed by atoms with van der Waals surface area (Å²) in [5.41, 5.74) is 8.61. The van der Waals surface area contributed by atoms with Gasteiger partial charge in [-0.05, 0) is 36.5 Å². The molecule has 1 aromatic rings. The highest BCUT2D eigenvalue weighted by molar-refractivity contribution is 14.0. The van der Waals surface area contributed by atoms with E-state index in [1.54, 1.807) is 0 Å². The highest BCUT2D eigenvalue weighted by atomic mass is 127. The first kappa shape index (κ1) is 19.3. The maximum absolute atomic E-state index is 6.14. The Hall–Kier alpha value is -1.02. The third-order valence-electron chi connectivity index (χ3n) is 4.84. The average molecular weight is 444 g/mol. The number of hydrogen-bond donors (Lipinski definition) is 1. The number of nitrogens with zero attached hydrogens (tertiary/aromatic N) is 3. The zero-order valence-corrected chi connectivity index (χ0v) is 16.8. The molecule has 0 radical (unpaired) electrons. The molecule has 1 aromatic carbocycles. The fourth-order valence-corrected chi connectivity index (χ4v) is 3.14. The zero-order valence-electron chi connectivity index (χ0n) is 14.5. The molecule has 0 bridgehead atoms. The van der Waals surface area contributed by atoms with Crippen LogP contribution in [0.2, 0.25) is 0 Å². The molecule has 0 amide bonds. The molecular formula is C18H29IN4O. The number of nitrogens with two attached hydrogens (primary N) is 1. The molecule has 0 aromatic heterocycles. The van der Waals surface area contributed by atoms with Gasteiger partial charge in [0.15, 0.2) is 5.96 Å². The van der Waals surface area contributed by atoms with Gasteiger partial charge in [0.2, 0.25) is 0 Å². The standard InChI is InChI=1S/C18H28N4O.HI/c1-15-6-8-22(9-7-15)18(19)20-14-16-2-4-17(5-3-16)21-10-12-23-13-11-21;/h2-5,15H,6-14H2,1H3,(H2,19,20);1H. The number of halogens is 1. The minimum atomic E-state index is 0. The first-order chi connectivity index (χ1) is 11.2. The van der Waals surface area contributed by atoms with Crippen LogP contribution in [0.5, 0.6) is 0 Å². The number of piperidine rings is 1. The second-order valence-electron chi connectivity index (χ2n) is 6.61. The SMILES string of the molecule is CC1CCN(C(N)=NCc2ccc(N3CCOCC3)cc2)CC1.I. The maximum atomic E-state index is 6.14. The summed E-state index contributed by atoms with van der Waals surface area (Å²) in [7, 11) is 0. The molecule has 2 fully saturated rings. The molecule has 0 spiro atoms. The minimum Gasteiger partial charge on any atom is -0.378 e. The molecule has 0 aliphatic carbocycles. The Balaban J connectivity index is 0.00000208. The van der Waals surface area contributed by atoms with E-state index in [1.807, 2.05) is 0 Å². The Morgan fingerprint density at radius 1 is 1.12 bits per heavy atom. The van der Waals surface area contributed by atoms with Crippen molar-refractivity contribution in [2.75, 3.05) is 44.3 Å². The van der Waals surface area contributed by atoms with Crippen molar-refractivity contribution in [3.8, 4) is 0 Å². The van der Waals surface area contributed by atoms with Crippen LogP contribution in [0.3, 0.4) is 0 Å². The number of rotatable bonds is 3. The molecule has 0 unspecified atom stereocenters. The minimum absolute atomic E-state index is 0. The number of ether oxygens (including phenoxy) is 1. The third-order valence-corrected chi connectivity index (χ3v) is 4.84. The van der Waals surface area contributed by atoms with Crippen molar-refractivity contribution in [3.63, 3.8) is 0 Å². The zero-order chi connectivity index (χ0) is 16.1. The predicted molar refractivity (Wildman–Crippen MR) is 110 cm³/mol. The first-order valence-corrected chi connectivity index (χ1v) is 8.69. The summed E-state index contributed by atoms with van der Waals surface area (Å²) < 4.78 is 5.40. The summed E-state index contributed by atoms with van der Waals surface area (Å²) in [4.78, 5) is 9.14. The Morgan fingerprint density at radius 2 is 1.75 bits per heavy atom. The van der Waals surface area contributed by atoms with Gasteiger partial charge in [-0.2, -0.15) is 0 Å². The lowest BCUT2D eigenvalue weighted by atomic mass is 10.00. The average Bonchev–Trinajstić information content (AvgIpc) is 2.61. The van der Waals surface area contributed by atoms with E-state index in [0.717, 1.165) is 45.3 Å². The molecule has 6 heteroatoms. The van der Waals surface area contributed by atoms with Gasteiger partial charge in [0.25, 0.3) is 0 Å². The van der Waals surface area contributed by atoms with Gasteiger partial charge in [0.1, 0.15) is 0 Å². The summed E-state index contributed by atoms with van der Waals surface area (Å²) in [6, 6.07) is 8.66. The molecule has 2 aliphatic heterocycles. The highest BCUT2D eigenvalue weighted by Crippen LogP contribution is 2.18. The van der Waals surface area contributed by atoms with E-state index < -0.39 is 0 Å². The molecule has 134 valence electrons. The largest absolute Gasteiger partial charge is 0.378 e. The number of guanidine groups is 1. The van der Waals surface area contributed by atoms with E-state index in [4.69, 9.17) is 10.5 Å². The molecule has 2 heterocycles. The molecule has 3 rings (SSSR count). The van der Waals surface area contributed by atoms with E-state index in [-0.39, 0.29) is 24.0 Å². The van der Waals surface area contributed by atoms with Gasteiger partial charge in [0.05, 0.1) is 19.8 Å². The Kier molecular flexibility index (Phi) is 7.61. The van der Waals surface area contributed by atoms with Crippen molar-refractivity contribution in [3.05, 3.63) is 29.8 Å². The van der Waals surface area contributed by atoms with Crippen molar-refractivity contribution < 1.29 is 4.74 Å². The maximum Gasteiger partial charge on any atom is 0.191 e. The summed E-state index contributed by atoms with van der Waals surface area (Å²) >= 11 is 0. The van der Waals surface area contributed by atoms with E-state index in [9.17, 15) is 0 Å². The number of benzene rings is 1. The summed E-state index contributed by atoms with van der Waals surface area (Å²) in [5, 5.41) is 0. The van der Waals surface area contributed by atoms with Crippen LogP contribution < -0.4 is 10.6 Å². The Labute approximate surface area is 162 Å². The Morgan fingerprint density at radius 3 is 2.38 bits per heavy atom. The van der Waals surface area contributed by atoms with Crippen LogP contribution in [-0.2, 0) is 11.3 Å². The van der Waals surface area contributed by atoms with E-state index in [1.165, 1.54) is 24.1 Å². The second-order valence-corrected chi connectivity index (χ2v) is 6.61. The van der Waals surface area contributed by atoms with Crippen LogP contribution in [0.15, 0.2) is 29.3 Å². The van der Waals surface area contributed by atoms with Crippen LogP contribution >= 0.6 is 24.0 Å². The van der Waals surface area contributed by atoms with Crippen LogP contribution in [-0.4, -0.2) is 50.3 Å². The molecule has 2 saturated heterocycles. The lowest BCUT2D eigenvalue weighted by Gasteiger charge is -2.31. The van der Waals surface area contributed by atoms with Crippen molar-refractivity contribution in [1.29, 1.82) is 0 Å². The monoisotopic (exact) mass is 444 g/mol. The Bertz CT molecular complexity index is 520. The molecule has 2 aliphatic rings. The van der Waals surface area contributed by atoms with Crippen LogP contribution in [0.4, 0.5) is 5.69 Å². The highest BCUT2D eigenvalue weighted by Gasteiger charge is 2.16. The van der Waals surface area contributed by atoms with E-state index >= 15 is 0 Å². The van der Waals surface area contributed by atoms with E-state index in [2.05, 4.69) is 46.0 Å². The lowest BCUT2D eigenvalue weighted by Crippen LogP contribution is -2.42. The van der Waals surface area contributed by atoms with Gasteiger partial charge >= 0.3 is 0 Å². The van der Waals surface area contributed by atoms with Crippen molar-refractivity contribution in [2.24, 2.45) is 16.6 Å². The van der Waals surface area contributed by atoms with Crippen molar-refractivity contribution in [2.45, 2.75) is 26.3 Å². The fourth-order valence-electron chi connectivity index (χ4n) is 3.14. The topological polar surface area (TPSA) is 54.1 Å². The number of aliphatic imine (C=N–C) groups is 1. The fraction of sp³-hybridized carbons (Fsp3) is 0.611. The molecular weight excluding hydrogens is 415 g/mol. The molecule has 0 saturated carbocycles. The summed E-state index contributed by atoms with van der Waals surface area (Å²) in [5.74, 6) is 1.50. The van der Waals surface area contributed by atoms with Gasteiger partial charge in [-0.3, -0.25) is 0 Å². The van der Waals surface area contributed by atoms with E-state index in [0.29, 0.717) is 12.5 Å². The molecule has 0 atom stereocenters. The molecule has 24 heavy (non-hydrogen) atoms. The summed E-state index contributed by atoms with van der Waals surface area (Å²) in [6.07, 6.45) is 2.43. The second kappa shape index (κ2) is 9.46. The molecule has 5 nitrogen and oxygen atoms in total. The quantitative estimate of drug-likeness (QED) is 0.443. The summed E-state index contributed by atoms with van der Waals surface area (Å²) in [6.45, 7) is 8.60. The van der Waals surface area contributed by atoms with Gasteiger partial charge in [-0.1, -0.05) is 19.1 Å². The van der Waals surface area contributed by atoms with Gasteiger partial charge in [-0.25, -0.2) is 4.99 Å². The first-order valence-electron chi connectivity index (χ1n) is 8.69. The third kappa shape index (κ3) is 5.24. The number of anilines is 1. The molecule has 2 N–H and O–H groups in total. The normalized spacial score (nSPS) is 20.0.